The lowest BCUT2D eigenvalue weighted by molar-refractivity contribution is -0.141. The van der Waals surface area contributed by atoms with Gasteiger partial charge in [0.1, 0.15) is 12.1 Å². The summed E-state index contributed by atoms with van der Waals surface area (Å²) in [6.45, 7) is 1.37. The molecule has 0 bridgehead atoms. The third-order valence-corrected chi connectivity index (χ3v) is 2.57. The Balaban J connectivity index is 4.25. The van der Waals surface area contributed by atoms with Gasteiger partial charge >= 0.3 is 5.97 Å². The molecule has 0 saturated heterocycles. The molecule has 0 aliphatic heterocycles. The van der Waals surface area contributed by atoms with Gasteiger partial charge in [0.2, 0.25) is 12.3 Å². The van der Waals surface area contributed by atoms with Crippen molar-refractivity contribution in [3.05, 3.63) is 0 Å². The van der Waals surface area contributed by atoms with Gasteiger partial charge < -0.3 is 15.7 Å². The molecule has 0 fully saturated rings. The van der Waals surface area contributed by atoms with E-state index in [4.69, 9.17) is 5.11 Å². The van der Waals surface area contributed by atoms with Crippen molar-refractivity contribution in [1.29, 1.82) is 0 Å². The molecular weight excluding hydrogens is 232 g/mol. The van der Waals surface area contributed by atoms with Crippen molar-refractivity contribution in [1.82, 2.24) is 10.6 Å². The smallest absolute Gasteiger partial charge is 0.325 e. The largest absolute Gasteiger partial charge is 0.480 e. The molecule has 0 saturated carbocycles. The molecule has 2 amide bonds. The van der Waals surface area contributed by atoms with Gasteiger partial charge in [0.25, 0.3) is 0 Å². The second-order valence-electron chi connectivity index (χ2n) is 3.19. The fourth-order valence-corrected chi connectivity index (χ4v) is 1.46. The van der Waals surface area contributed by atoms with Crippen molar-refractivity contribution in [3.8, 4) is 0 Å². The van der Waals surface area contributed by atoms with Crippen molar-refractivity contribution < 1.29 is 19.5 Å². The molecule has 0 radical (unpaired) electrons. The molecule has 7 heteroatoms. The van der Waals surface area contributed by atoms with Crippen LogP contribution in [0.3, 0.4) is 0 Å². The molecule has 0 aliphatic carbocycles. The molecule has 16 heavy (non-hydrogen) atoms. The van der Waals surface area contributed by atoms with Crippen LogP contribution in [-0.2, 0) is 14.4 Å². The normalized spacial score (nSPS) is 13.6. The van der Waals surface area contributed by atoms with E-state index in [1.165, 1.54) is 6.92 Å². The predicted molar refractivity (Wildman–Crippen MR) is 61.2 cm³/mol. The topological polar surface area (TPSA) is 95.5 Å². The number of carboxylic acids is 1. The summed E-state index contributed by atoms with van der Waals surface area (Å²) < 4.78 is 0. The van der Waals surface area contributed by atoms with Crippen molar-refractivity contribution in [3.63, 3.8) is 0 Å². The van der Waals surface area contributed by atoms with Crippen molar-refractivity contribution >= 4 is 30.0 Å². The summed E-state index contributed by atoms with van der Waals surface area (Å²) in [5.41, 5.74) is 0. The second kappa shape index (κ2) is 7.98. The zero-order chi connectivity index (χ0) is 12.6. The van der Waals surface area contributed by atoms with Gasteiger partial charge in [-0.3, -0.25) is 14.4 Å². The summed E-state index contributed by atoms with van der Waals surface area (Å²) in [6, 6.07) is -1.63. The van der Waals surface area contributed by atoms with Crippen LogP contribution in [0.15, 0.2) is 0 Å². The van der Waals surface area contributed by atoms with Crippen molar-refractivity contribution in [2.45, 2.75) is 25.4 Å². The second-order valence-corrected chi connectivity index (χ2v) is 4.17. The molecule has 6 nitrogen and oxygen atoms in total. The van der Waals surface area contributed by atoms with Crippen LogP contribution in [0.2, 0.25) is 0 Å². The number of amides is 2. The molecule has 0 aromatic heterocycles. The Kier molecular flexibility index (Phi) is 7.36. The van der Waals surface area contributed by atoms with Gasteiger partial charge in [0.15, 0.2) is 0 Å². The molecule has 0 aromatic rings. The molecule has 3 N–H and O–H groups in total. The SMILES string of the molecule is CSCCC(NC=O)C(=O)NC(C)C(=O)O. The van der Waals surface area contributed by atoms with E-state index >= 15 is 0 Å². The third kappa shape index (κ3) is 5.59. The molecule has 0 spiro atoms. The van der Waals surface area contributed by atoms with Crippen LogP contribution >= 0.6 is 11.8 Å². The van der Waals surface area contributed by atoms with Gasteiger partial charge in [0.05, 0.1) is 0 Å². The monoisotopic (exact) mass is 248 g/mol. The Labute approximate surface area is 98.2 Å². The van der Waals surface area contributed by atoms with E-state index in [1.54, 1.807) is 11.8 Å². The van der Waals surface area contributed by atoms with E-state index in [-0.39, 0.29) is 0 Å². The van der Waals surface area contributed by atoms with Crippen LogP contribution in [0.1, 0.15) is 13.3 Å². The van der Waals surface area contributed by atoms with Gasteiger partial charge in [-0.05, 0) is 25.4 Å². The first-order chi connectivity index (χ1) is 7.52. The Bertz CT molecular complexity index is 260. The van der Waals surface area contributed by atoms with Crippen LogP contribution < -0.4 is 10.6 Å². The molecule has 0 rings (SSSR count). The highest BCUT2D eigenvalue weighted by atomic mass is 32.2. The quantitative estimate of drug-likeness (QED) is 0.501. The van der Waals surface area contributed by atoms with Gasteiger partial charge in [-0.2, -0.15) is 11.8 Å². The van der Waals surface area contributed by atoms with E-state index in [1.807, 2.05) is 6.26 Å². The molecule has 2 atom stereocenters. The van der Waals surface area contributed by atoms with E-state index in [2.05, 4.69) is 10.6 Å². The summed E-state index contributed by atoms with van der Waals surface area (Å²) in [6.07, 6.45) is 2.80. The number of carboxylic acid groups (broad SMARTS) is 1. The average molecular weight is 248 g/mol. The van der Waals surface area contributed by atoms with E-state index < -0.39 is 24.0 Å². The first kappa shape index (κ1) is 14.8. The zero-order valence-electron chi connectivity index (χ0n) is 9.23. The minimum atomic E-state index is -1.11. The summed E-state index contributed by atoms with van der Waals surface area (Å²) in [7, 11) is 0. The number of carbonyl (C=O) groups excluding carboxylic acids is 2. The number of aliphatic carboxylic acids is 1. The summed E-state index contributed by atoms with van der Waals surface area (Å²) in [4.78, 5) is 32.4. The highest BCUT2D eigenvalue weighted by molar-refractivity contribution is 7.98. The Morgan fingerprint density at radius 3 is 2.56 bits per heavy atom. The number of rotatable bonds is 8. The van der Waals surface area contributed by atoms with Gasteiger partial charge in [0, 0.05) is 0 Å². The Morgan fingerprint density at radius 1 is 1.50 bits per heavy atom. The van der Waals surface area contributed by atoms with Crippen LogP contribution in [-0.4, -0.2) is 47.5 Å². The molecular formula is C9H16N2O4S. The fraction of sp³-hybridized carbons (Fsp3) is 0.667. The molecule has 2 unspecified atom stereocenters. The molecule has 92 valence electrons. The van der Waals surface area contributed by atoms with Gasteiger partial charge in [-0.15, -0.1) is 0 Å². The minimum Gasteiger partial charge on any atom is -0.480 e. The maximum absolute atomic E-state index is 11.5. The number of thioether (sulfide) groups is 1. The molecule has 0 aliphatic rings. The number of carbonyl (C=O) groups is 3. The fourth-order valence-electron chi connectivity index (χ4n) is 0.984. The summed E-state index contributed by atoms with van der Waals surface area (Å²) in [5.74, 6) is -0.875. The Hall–Kier alpha value is -1.24. The molecule has 0 aromatic carbocycles. The summed E-state index contributed by atoms with van der Waals surface area (Å²) in [5, 5.41) is 13.3. The third-order valence-electron chi connectivity index (χ3n) is 1.93. The first-order valence-electron chi connectivity index (χ1n) is 4.74. The number of nitrogens with one attached hydrogen (secondary N) is 2. The number of hydrogen-bond donors (Lipinski definition) is 3. The molecule has 0 heterocycles. The van der Waals surface area contributed by atoms with Crippen LogP contribution in [0.4, 0.5) is 0 Å². The summed E-state index contributed by atoms with van der Waals surface area (Å²) >= 11 is 1.55. The maximum atomic E-state index is 11.5. The van der Waals surface area contributed by atoms with E-state index in [9.17, 15) is 14.4 Å². The predicted octanol–water partition coefficient (Wildman–Crippen LogP) is -0.557. The Morgan fingerprint density at radius 2 is 2.12 bits per heavy atom. The van der Waals surface area contributed by atoms with Crippen LogP contribution in [0.5, 0.6) is 0 Å². The van der Waals surface area contributed by atoms with Crippen molar-refractivity contribution in [2.75, 3.05) is 12.0 Å². The van der Waals surface area contributed by atoms with Gasteiger partial charge in [-0.25, -0.2) is 0 Å². The van der Waals surface area contributed by atoms with E-state index in [0.29, 0.717) is 18.6 Å². The lowest BCUT2D eigenvalue weighted by Crippen LogP contribution is -2.49. The van der Waals surface area contributed by atoms with E-state index in [0.717, 1.165) is 0 Å². The minimum absolute atomic E-state index is 0.440. The lowest BCUT2D eigenvalue weighted by Gasteiger charge is -2.17. The highest BCUT2D eigenvalue weighted by Crippen LogP contribution is 2.01. The van der Waals surface area contributed by atoms with Crippen LogP contribution in [0, 0.1) is 0 Å². The maximum Gasteiger partial charge on any atom is 0.325 e. The van der Waals surface area contributed by atoms with Crippen molar-refractivity contribution in [2.24, 2.45) is 0 Å². The lowest BCUT2D eigenvalue weighted by atomic mass is 10.2. The van der Waals surface area contributed by atoms with Crippen LogP contribution in [0.25, 0.3) is 0 Å². The average Bonchev–Trinajstić information content (AvgIpc) is 2.23. The standard InChI is InChI=1S/C9H16N2O4S/c1-6(9(14)15)11-8(13)7(10-5-12)3-4-16-2/h5-7H,3-4H2,1-2H3,(H,10,12)(H,11,13)(H,14,15). The number of hydrogen-bond acceptors (Lipinski definition) is 4. The van der Waals surface area contributed by atoms with Gasteiger partial charge in [-0.1, -0.05) is 0 Å². The highest BCUT2D eigenvalue weighted by Gasteiger charge is 2.21. The zero-order valence-corrected chi connectivity index (χ0v) is 10.0. The first-order valence-corrected chi connectivity index (χ1v) is 6.14.